The molecule has 0 unspecified atom stereocenters. The Kier molecular flexibility index (Phi) is 6.13. The van der Waals surface area contributed by atoms with Gasteiger partial charge in [-0.05, 0) is 57.8 Å². The molecule has 0 amide bonds. The normalized spacial score (nSPS) is 16.2. The van der Waals surface area contributed by atoms with Crippen molar-refractivity contribution in [3.05, 3.63) is 62.8 Å². The Morgan fingerprint density at radius 1 is 1.21 bits per heavy atom. The fourth-order valence-electron chi connectivity index (χ4n) is 4.52. The number of fused-ring (bicyclic) bond motifs is 1. The molecule has 3 aromatic rings. The Morgan fingerprint density at radius 2 is 1.91 bits per heavy atom. The van der Waals surface area contributed by atoms with Gasteiger partial charge in [-0.3, -0.25) is 4.79 Å². The monoisotopic (exact) mass is 463 g/mol. The van der Waals surface area contributed by atoms with Crippen LogP contribution in [0.5, 0.6) is 0 Å². The predicted molar refractivity (Wildman–Crippen MR) is 118 cm³/mol. The number of hydrogen-bond donors (Lipinski definition) is 2. The fourth-order valence-corrected chi connectivity index (χ4v) is 4.52. The molecule has 1 atom stereocenters. The van der Waals surface area contributed by atoms with Crippen LogP contribution in [0.1, 0.15) is 54.1 Å². The Balaban J connectivity index is 1.79. The van der Waals surface area contributed by atoms with E-state index in [1.54, 1.807) is 27.0 Å². The van der Waals surface area contributed by atoms with Crippen molar-refractivity contribution in [2.24, 2.45) is 7.05 Å². The molecular weight excluding hydrogens is 438 g/mol. The molecule has 0 aliphatic carbocycles. The summed E-state index contributed by atoms with van der Waals surface area (Å²) in [6, 6.07) is 4.17. The van der Waals surface area contributed by atoms with Crippen LogP contribution in [0.3, 0.4) is 0 Å². The van der Waals surface area contributed by atoms with E-state index < -0.39 is 23.6 Å². The lowest BCUT2D eigenvalue weighted by atomic mass is 9.90. The van der Waals surface area contributed by atoms with Gasteiger partial charge in [0.05, 0.1) is 22.8 Å². The number of halogens is 4. The summed E-state index contributed by atoms with van der Waals surface area (Å²) in [6.45, 7) is 4.92. The zero-order valence-electron chi connectivity index (χ0n) is 18.6. The first kappa shape index (κ1) is 23.2. The van der Waals surface area contributed by atoms with Gasteiger partial charge in [0.25, 0.3) is 5.56 Å². The van der Waals surface area contributed by atoms with Crippen LogP contribution >= 0.6 is 0 Å². The van der Waals surface area contributed by atoms with Crippen LogP contribution in [0.25, 0.3) is 10.9 Å². The van der Waals surface area contributed by atoms with Crippen LogP contribution in [0, 0.1) is 12.7 Å². The van der Waals surface area contributed by atoms with Gasteiger partial charge in [-0.25, -0.2) is 4.39 Å². The summed E-state index contributed by atoms with van der Waals surface area (Å²) in [5, 5.41) is 15.2. The van der Waals surface area contributed by atoms with E-state index in [9.17, 15) is 22.4 Å². The summed E-state index contributed by atoms with van der Waals surface area (Å²) in [4.78, 5) is 13.1. The summed E-state index contributed by atoms with van der Waals surface area (Å²) in [7, 11) is 1.67. The number of pyridine rings is 1. The smallest absolute Gasteiger partial charge is 0.361 e. The second-order valence-electron chi connectivity index (χ2n) is 8.46. The molecule has 1 fully saturated rings. The van der Waals surface area contributed by atoms with E-state index in [1.165, 1.54) is 16.7 Å². The van der Waals surface area contributed by atoms with Gasteiger partial charge < -0.3 is 15.2 Å². The van der Waals surface area contributed by atoms with Crippen molar-refractivity contribution in [1.82, 2.24) is 20.1 Å². The SMILES string of the molecule is Cc1nnc(N[C@H](C)c2cccc(C(F)(F)F)c2F)c2cc(C3CCNCC3)c(=O)n(C)c12. The van der Waals surface area contributed by atoms with Crippen LogP contribution in [-0.2, 0) is 13.2 Å². The van der Waals surface area contributed by atoms with Gasteiger partial charge in [0.1, 0.15) is 5.82 Å². The van der Waals surface area contributed by atoms with E-state index in [-0.39, 0.29) is 22.9 Å². The molecule has 3 heterocycles. The summed E-state index contributed by atoms with van der Waals surface area (Å²) in [5.74, 6) is -0.947. The van der Waals surface area contributed by atoms with Gasteiger partial charge >= 0.3 is 6.18 Å². The number of anilines is 1. The predicted octanol–water partition coefficient (Wildman–Crippen LogP) is 4.43. The van der Waals surface area contributed by atoms with Crippen molar-refractivity contribution in [3.63, 3.8) is 0 Å². The third kappa shape index (κ3) is 4.31. The average molecular weight is 463 g/mol. The molecule has 0 spiro atoms. The number of benzene rings is 1. The van der Waals surface area contributed by atoms with E-state index in [0.717, 1.165) is 25.9 Å². The van der Waals surface area contributed by atoms with Gasteiger partial charge in [0.15, 0.2) is 5.82 Å². The molecule has 1 aromatic carbocycles. The number of alkyl halides is 3. The zero-order valence-corrected chi connectivity index (χ0v) is 18.6. The number of nitrogens with zero attached hydrogens (tertiary/aromatic N) is 3. The standard InChI is InChI=1S/C23H25F4N5O/c1-12(15-5-4-6-18(19(15)24)23(25,26)27)29-21-17-11-16(14-7-9-28-10-8-14)22(33)32(3)20(17)13(2)30-31-21/h4-6,11-12,14,28H,7-10H2,1-3H3,(H,29,31)/t12-/m1/s1. The molecule has 1 aliphatic heterocycles. The molecule has 10 heteroatoms. The average Bonchev–Trinajstić information content (AvgIpc) is 2.77. The molecular formula is C23H25F4N5O. The maximum absolute atomic E-state index is 14.7. The lowest BCUT2D eigenvalue weighted by molar-refractivity contribution is -0.140. The topological polar surface area (TPSA) is 71.8 Å². The second kappa shape index (κ2) is 8.74. The lowest BCUT2D eigenvalue weighted by Crippen LogP contribution is -2.31. The summed E-state index contributed by atoms with van der Waals surface area (Å²) in [6.07, 6.45) is -3.14. The highest BCUT2D eigenvalue weighted by Gasteiger charge is 2.35. The van der Waals surface area contributed by atoms with Crippen molar-refractivity contribution >= 4 is 16.7 Å². The quantitative estimate of drug-likeness (QED) is 0.560. The van der Waals surface area contributed by atoms with E-state index in [0.29, 0.717) is 28.2 Å². The number of aryl methyl sites for hydroxylation is 2. The molecule has 176 valence electrons. The van der Waals surface area contributed by atoms with Crippen molar-refractivity contribution in [2.45, 2.75) is 44.8 Å². The molecule has 33 heavy (non-hydrogen) atoms. The number of nitrogens with one attached hydrogen (secondary N) is 2. The molecule has 2 aromatic heterocycles. The third-order valence-electron chi connectivity index (χ3n) is 6.27. The number of piperidine rings is 1. The van der Waals surface area contributed by atoms with Crippen LogP contribution in [-0.4, -0.2) is 27.9 Å². The summed E-state index contributed by atoms with van der Waals surface area (Å²) in [5.41, 5.74) is 0.234. The van der Waals surface area contributed by atoms with Crippen LogP contribution < -0.4 is 16.2 Å². The molecule has 0 saturated carbocycles. The minimum Gasteiger partial charge on any atom is -0.361 e. The molecule has 0 radical (unpaired) electrons. The van der Waals surface area contributed by atoms with E-state index in [1.807, 2.05) is 0 Å². The van der Waals surface area contributed by atoms with Crippen LogP contribution in [0.2, 0.25) is 0 Å². The zero-order chi connectivity index (χ0) is 23.9. The van der Waals surface area contributed by atoms with Crippen LogP contribution in [0.15, 0.2) is 29.1 Å². The number of hydrogen-bond acceptors (Lipinski definition) is 5. The van der Waals surface area contributed by atoms with E-state index >= 15 is 0 Å². The van der Waals surface area contributed by atoms with Gasteiger partial charge in [-0.15, -0.1) is 5.10 Å². The maximum Gasteiger partial charge on any atom is 0.419 e. The van der Waals surface area contributed by atoms with Crippen molar-refractivity contribution in [3.8, 4) is 0 Å². The molecule has 6 nitrogen and oxygen atoms in total. The van der Waals surface area contributed by atoms with Crippen molar-refractivity contribution in [1.29, 1.82) is 0 Å². The van der Waals surface area contributed by atoms with E-state index in [2.05, 4.69) is 20.8 Å². The van der Waals surface area contributed by atoms with Gasteiger partial charge in [-0.1, -0.05) is 12.1 Å². The Bertz CT molecular complexity index is 1250. The first-order valence-electron chi connectivity index (χ1n) is 10.8. The first-order valence-corrected chi connectivity index (χ1v) is 10.8. The third-order valence-corrected chi connectivity index (χ3v) is 6.27. The van der Waals surface area contributed by atoms with Crippen molar-refractivity contribution < 1.29 is 17.6 Å². The van der Waals surface area contributed by atoms with Gasteiger partial charge in [-0.2, -0.15) is 18.3 Å². The Hall–Kier alpha value is -3.01. The number of aromatic nitrogens is 3. The fraction of sp³-hybridized carbons (Fsp3) is 0.435. The summed E-state index contributed by atoms with van der Waals surface area (Å²) >= 11 is 0. The highest BCUT2D eigenvalue weighted by atomic mass is 19.4. The molecule has 0 bridgehead atoms. The van der Waals surface area contributed by atoms with Crippen LogP contribution in [0.4, 0.5) is 23.4 Å². The first-order chi connectivity index (χ1) is 15.6. The van der Waals surface area contributed by atoms with E-state index in [4.69, 9.17) is 0 Å². The molecule has 1 saturated heterocycles. The second-order valence-corrected chi connectivity index (χ2v) is 8.46. The summed E-state index contributed by atoms with van der Waals surface area (Å²) < 4.78 is 55.7. The minimum absolute atomic E-state index is 0.0917. The molecule has 4 rings (SSSR count). The Morgan fingerprint density at radius 3 is 2.58 bits per heavy atom. The number of rotatable bonds is 4. The Labute approximate surface area is 188 Å². The molecule has 1 aliphatic rings. The van der Waals surface area contributed by atoms with Crippen molar-refractivity contribution in [2.75, 3.05) is 18.4 Å². The highest BCUT2D eigenvalue weighted by Crippen LogP contribution is 2.35. The molecule has 2 N–H and O–H groups in total. The highest BCUT2D eigenvalue weighted by molar-refractivity contribution is 5.91. The maximum atomic E-state index is 14.7. The van der Waals surface area contributed by atoms with Gasteiger partial charge in [0.2, 0.25) is 0 Å². The largest absolute Gasteiger partial charge is 0.419 e. The lowest BCUT2D eigenvalue weighted by Gasteiger charge is -2.24. The minimum atomic E-state index is -4.79. The van der Waals surface area contributed by atoms with Gasteiger partial charge in [0, 0.05) is 23.6 Å².